The van der Waals surface area contributed by atoms with Gasteiger partial charge < -0.3 is 10.1 Å². The third-order valence-electron chi connectivity index (χ3n) is 3.98. The third kappa shape index (κ3) is 4.83. The summed E-state index contributed by atoms with van der Waals surface area (Å²) in [6, 6.07) is 13.5. The van der Waals surface area contributed by atoms with E-state index in [1.165, 1.54) is 16.4 Å². The number of benzene rings is 2. The van der Waals surface area contributed by atoms with Crippen molar-refractivity contribution in [3.8, 4) is 5.75 Å². The smallest absolute Gasteiger partial charge is 0.243 e. The Balaban J connectivity index is 2.11. The minimum absolute atomic E-state index is 0.170. The summed E-state index contributed by atoms with van der Waals surface area (Å²) in [5.41, 5.74) is 1.30. The first kappa shape index (κ1) is 19.9. The molecule has 0 saturated carbocycles. The van der Waals surface area contributed by atoms with Crippen molar-refractivity contribution in [1.29, 1.82) is 0 Å². The molecule has 0 bridgehead atoms. The van der Waals surface area contributed by atoms with E-state index in [4.69, 9.17) is 4.74 Å². The maximum Gasteiger partial charge on any atom is 0.243 e. The number of hydrogen-bond donors (Lipinski definition) is 1. The number of sulfonamides is 1. The molecular formula is C19H24N2O4S. The zero-order valence-electron chi connectivity index (χ0n) is 15.2. The van der Waals surface area contributed by atoms with Crippen molar-refractivity contribution < 1.29 is 17.9 Å². The van der Waals surface area contributed by atoms with Crippen LogP contribution in [0.25, 0.3) is 0 Å². The van der Waals surface area contributed by atoms with Crippen LogP contribution in [0, 0.1) is 0 Å². The second-order valence-electron chi connectivity index (χ2n) is 5.69. The summed E-state index contributed by atoms with van der Waals surface area (Å²) in [4.78, 5) is 12.4. The molecule has 0 atom stereocenters. The van der Waals surface area contributed by atoms with E-state index in [0.717, 1.165) is 11.3 Å². The highest BCUT2D eigenvalue weighted by atomic mass is 32.2. The van der Waals surface area contributed by atoms with Gasteiger partial charge in [-0.05, 0) is 35.9 Å². The summed E-state index contributed by atoms with van der Waals surface area (Å²) in [6.07, 6.45) is 0.191. The lowest BCUT2D eigenvalue weighted by atomic mass is 10.1. The molecule has 1 amide bonds. The van der Waals surface area contributed by atoms with E-state index in [0.29, 0.717) is 18.8 Å². The average Bonchev–Trinajstić information content (AvgIpc) is 2.63. The molecule has 0 radical (unpaired) electrons. The van der Waals surface area contributed by atoms with Gasteiger partial charge in [0.05, 0.1) is 18.4 Å². The molecule has 0 unspecified atom stereocenters. The Morgan fingerprint density at radius 3 is 2.31 bits per heavy atom. The number of carbonyl (C=O) groups excluding carboxylic acids is 1. The maximum atomic E-state index is 12.6. The molecule has 26 heavy (non-hydrogen) atoms. The lowest BCUT2D eigenvalue weighted by Gasteiger charge is -2.18. The number of carbonyl (C=O) groups is 1. The molecule has 0 fully saturated rings. The molecule has 0 aromatic heterocycles. The monoisotopic (exact) mass is 376 g/mol. The lowest BCUT2D eigenvalue weighted by molar-refractivity contribution is -0.115. The number of ether oxygens (including phenoxy) is 1. The van der Waals surface area contributed by atoms with Gasteiger partial charge in [-0.2, -0.15) is 4.31 Å². The largest absolute Gasteiger partial charge is 0.497 e. The fourth-order valence-electron chi connectivity index (χ4n) is 2.58. The van der Waals surface area contributed by atoms with E-state index in [9.17, 15) is 13.2 Å². The van der Waals surface area contributed by atoms with Crippen LogP contribution in [0.15, 0.2) is 53.4 Å². The number of anilines is 1. The summed E-state index contributed by atoms with van der Waals surface area (Å²) in [7, 11) is -1.97. The fraction of sp³-hybridized carbons (Fsp3) is 0.316. The molecule has 0 saturated heterocycles. The fourth-order valence-corrected chi connectivity index (χ4v) is 4.09. The predicted octanol–water partition coefficient (Wildman–Crippen LogP) is 2.91. The highest BCUT2D eigenvalue weighted by Gasteiger charge is 2.21. The Hall–Kier alpha value is -2.38. The highest BCUT2D eigenvalue weighted by molar-refractivity contribution is 7.89. The van der Waals surface area contributed by atoms with Crippen molar-refractivity contribution >= 4 is 21.6 Å². The van der Waals surface area contributed by atoms with Crippen molar-refractivity contribution in [2.45, 2.75) is 25.2 Å². The van der Waals surface area contributed by atoms with Crippen molar-refractivity contribution in [3.63, 3.8) is 0 Å². The van der Waals surface area contributed by atoms with E-state index < -0.39 is 10.0 Å². The van der Waals surface area contributed by atoms with Gasteiger partial charge in [-0.15, -0.1) is 0 Å². The minimum atomic E-state index is -3.56. The zero-order chi connectivity index (χ0) is 19.2. The first-order chi connectivity index (χ1) is 12.4. The molecule has 1 N–H and O–H groups in total. The Kier molecular flexibility index (Phi) is 6.76. The molecule has 0 heterocycles. The molecule has 2 aromatic rings. The first-order valence-corrected chi connectivity index (χ1v) is 9.87. The molecule has 0 aliphatic heterocycles. The molecule has 2 aromatic carbocycles. The van der Waals surface area contributed by atoms with Crippen molar-refractivity contribution in [3.05, 3.63) is 54.1 Å². The maximum absolute atomic E-state index is 12.6. The van der Waals surface area contributed by atoms with E-state index >= 15 is 0 Å². The van der Waals surface area contributed by atoms with Crippen LogP contribution >= 0.6 is 0 Å². The van der Waals surface area contributed by atoms with Gasteiger partial charge >= 0.3 is 0 Å². The average molecular weight is 376 g/mol. The van der Waals surface area contributed by atoms with Gasteiger partial charge in [-0.1, -0.05) is 32.0 Å². The number of methoxy groups -OCH3 is 1. The van der Waals surface area contributed by atoms with Crippen LogP contribution in [0.5, 0.6) is 5.75 Å². The topological polar surface area (TPSA) is 75.7 Å². The van der Waals surface area contributed by atoms with Gasteiger partial charge in [0.15, 0.2) is 0 Å². The normalized spacial score (nSPS) is 11.4. The minimum Gasteiger partial charge on any atom is -0.497 e. The van der Waals surface area contributed by atoms with E-state index in [1.54, 1.807) is 45.2 Å². The van der Waals surface area contributed by atoms with Crippen LogP contribution in [-0.2, 0) is 21.2 Å². The lowest BCUT2D eigenvalue weighted by Crippen LogP contribution is -2.30. The second kappa shape index (κ2) is 8.82. The molecule has 7 heteroatoms. The summed E-state index contributed by atoms with van der Waals surface area (Å²) >= 11 is 0. The molecule has 2 rings (SSSR count). The van der Waals surface area contributed by atoms with Crippen LogP contribution in [0.1, 0.15) is 19.4 Å². The summed E-state index contributed by atoms with van der Waals surface area (Å²) in [6.45, 7) is 4.38. The van der Waals surface area contributed by atoms with Crippen LogP contribution in [0.2, 0.25) is 0 Å². The number of hydrogen-bond acceptors (Lipinski definition) is 4. The van der Waals surface area contributed by atoms with Gasteiger partial charge in [-0.3, -0.25) is 4.79 Å². The van der Waals surface area contributed by atoms with Crippen molar-refractivity contribution in [2.75, 3.05) is 25.5 Å². The van der Waals surface area contributed by atoms with Crippen molar-refractivity contribution in [2.24, 2.45) is 0 Å². The van der Waals surface area contributed by atoms with Crippen LogP contribution < -0.4 is 10.1 Å². The Morgan fingerprint density at radius 2 is 1.73 bits per heavy atom. The Morgan fingerprint density at radius 1 is 1.08 bits per heavy atom. The van der Waals surface area contributed by atoms with E-state index in [2.05, 4.69) is 5.32 Å². The molecular weight excluding hydrogens is 352 g/mol. The molecule has 0 aliphatic carbocycles. The van der Waals surface area contributed by atoms with Crippen LogP contribution in [0.3, 0.4) is 0 Å². The molecule has 0 spiro atoms. The summed E-state index contributed by atoms with van der Waals surface area (Å²) in [5.74, 6) is 0.510. The van der Waals surface area contributed by atoms with E-state index in [-0.39, 0.29) is 17.2 Å². The van der Waals surface area contributed by atoms with Crippen LogP contribution in [-0.4, -0.2) is 38.8 Å². The highest BCUT2D eigenvalue weighted by Crippen LogP contribution is 2.20. The molecule has 0 aliphatic rings. The SMILES string of the molecule is CCN(CC)S(=O)(=O)c1cccc(NC(=O)Cc2ccc(OC)cc2)c1. The predicted molar refractivity (Wildman–Crippen MR) is 102 cm³/mol. The van der Waals surface area contributed by atoms with Gasteiger partial charge in [0.1, 0.15) is 5.75 Å². The third-order valence-corrected chi connectivity index (χ3v) is 6.03. The summed E-state index contributed by atoms with van der Waals surface area (Å²) < 4.78 is 31.6. The Labute approximate surface area is 154 Å². The second-order valence-corrected chi connectivity index (χ2v) is 7.63. The molecule has 140 valence electrons. The van der Waals surface area contributed by atoms with Gasteiger partial charge in [0, 0.05) is 18.8 Å². The van der Waals surface area contributed by atoms with Gasteiger partial charge in [-0.25, -0.2) is 8.42 Å². The number of nitrogens with zero attached hydrogens (tertiary/aromatic N) is 1. The quantitative estimate of drug-likeness (QED) is 0.769. The number of rotatable bonds is 8. The van der Waals surface area contributed by atoms with Crippen molar-refractivity contribution in [1.82, 2.24) is 4.31 Å². The number of nitrogens with one attached hydrogen (secondary N) is 1. The van der Waals surface area contributed by atoms with Crippen LogP contribution in [0.4, 0.5) is 5.69 Å². The number of amides is 1. The van der Waals surface area contributed by atoms with Gasteiger partial charge in [0.2, 0.25) is 15.9 Å². The van der Waals surface area contributed by atoms with Gasteiger partial charge in [0.25, 0.3) is 0 Å². The van der Waals surface area contributed by atoms with E-state index in [1.807, 2.05) is 12.1 Å². The standard InChI is InChI=1S/C19H24N2O4S/c1-4-21(5-2)26(23,24)18-8-6-7-16(14-18)20-19(22)13-15-9-11-17(25-3)12-10-15/h6-12,14H,4-5,13H2,1-3H3,(H,20,22). The Bertz CT molecular complexity index is 844. The molecule has 6 nitrogen and oxygen atoms in total. The first-order valence-electron chi connectivity index (χ1n) is 8.43. The summed E-state index contributed by atoms with van der Waals surface area (Å²) in [5, 5.41) is 2.75. The zero-order valence-corrected chi connectivity index (χ0v) is 16.0.